The molecule has 0 radical (unpaired) electrons. The summed E-state index contributed by atoms with van der Waals surface area (Å²) in [4.78, 5) is 29.0. The van der Waals surface area contributed by atoms with Gasteiger partial charge in [-0.05, 0) is 73.9 Å². The lowest BCUT2D eigenvalue weighted by atomic mass is 10.1. The number of ether oxygens (including phenoxy) is 1. The fourth-order valence-electron chi connectivity index (χ4n) is 4.03. The van der Waals surface area contributed by atoms with Crippen molar-refractivity contribution in [3.8, 4) is 5.75 Å². The van der Waals surface area contributed by atoms with Crippen molar-refractivity contribution in [2.45, 2.75) is 69.0 Å². The van der Waals surface area contributed by atoms with Gasteiger partial charge in [0.15, 0.2) is 0 Å². The smallest absolute Gasteiger partial charge is 0.242 e. The van der Waals surface area contributed by atoms with Crippen LogP contribution in [0.5, 0.6) is 5.75 Å². The molecule has 5 nitrogen and oxygen atoms in total. The number of amides is 2. The summed E-state index contributed by atoms with van der Waals surface area (Å²) in [5.41, 5.74) is 0.943. The number of nitrogens with one attached hydrogen (secondary N) is 1. The highest BCUT2D eigenvalue weighted by Crippen LogP contribution is 2.23. The van der Waals surface area contributed by atoms with Crippen molar-refractivity contribution in [2.24, 2.45) is 0 Å². The summed E-state index contributed by atoms with van der Waals surface area (Å²) in [5.74, 6) is 1.47. The first kappa shape index (κ1) is 25.4. The summed E-state index contributed by atoms with van der Waals surface area (Å²) in [5, 5.41) is 3.86. The van der Waals surface area contributed by atoms with E-state index in [0.29, 0.717) is 18.0 Å². The summed E-state index contributed by atoms with van der Waals surface area (Å²) >= 11 is 7.65. The number of rotatable bonds is 11. The summed E-state index contributed by atoms with van der Waals surface area (Å²) in [6, 6.07) is 15.1. The molecule has 0 heterocycles. The van der Waals surface area contributed by atoms with Crippen LogP contribution in [-0.2, 0) is 16.1 Å². The lowest BCUT2D eigenvalue weighted by Crippen LogP contribution is -2.49. The number of methoxy groups -OCH3 is 1. The molecule has 1 aliphatic rings. The van der Waals surface area contributed by atoms with E-state index in [9.17, 15) is 9.59 Å². The predicted octanol–water partition coefficient (Wildman–Crippen LogP) is 5.70. The number of carbonyl (C=O) groups excluding carboxylic acids is 2. The van der Waals surface area contributed by atoms with E-state index in [0.717, 1.165) is 54.1 Å². The summed E-state index contributed by atoms with van der Waals surface area (Å²) in [6.07, 6.45) is 5.46. The van der Waals surface area contributed by atoms with E-state index in [1.807, 2.05) is 55.5 Å². The number of hydrogen-bond donors (Lipinski definition) is 1. The van der Waals surface area contributed by atoms with Crippen molar-refractivity contribution in [3.05, 3.63) is 59.1 Å². The summed E-state index contributed by atoms with van der Waals surface area (Å²) in [6.45, 7) is 2.20. The van der Waals surface area contributed by atoms with Gasteiger partial charge < -0.3 is 15.0 Å². The Morgan fingerprint density at radius 3 is 2.61 bits per heavy atom. The number of thioether (sulfide) groups is 1. The number of nitrogens with zero attached hydrogens (tertiary/aromatic N) is 1. The minimum Gasteiger partial charge on any atom is -0.497 e. The molecule has 1 aliphatic carbocycles. The summed E-state index contributed by atoms with van der Waals surface area (Å²) in [7, 11) is 1.62. The lowest BCUT2D eigenvalue weighted by molar-refractivity contribution is -0.140. The van der Waals surface area contributed by atoms with Crippen molar-refractivity contribution in [1.82, 2.24) is 10.2 Å². The molecule has 2 aromatic rings. The van der Waals surface area contributed by atoms with Crippen LogP contribution in [0, 0.1) is 0 Å². The SMILES string of the molecule is COc1cccc(CN(C(=O)CCCSc2ccc(Cl)cc2)C(C)C(=O)NC2CCCC2)c1. The molecule has 7 heteroatoms. The Kier molecular flexibility index (Phi) is 9.95. The average molecular weight is 489 g/mol. The van der Waals surface area contributed by atoms with Gasteiger partial charge in [0.1, 0.15) is 11.8 Å². The van der Waals surface area contributed by atoms with E-state index in [1.54, 1.807) is 23.8 Å². The van der Waals surface area contributed by atoms with E-state index in [-0.39, 0.29) is 17.9 Å². The van der Waals surface area contributed by atoms with Crippen molar-refractivity contribution in [3.63, 3.8) is 0 Å². The molecule has 0 spiro atoms. The van der Waals surface area contributed by atoms with Gasteiger partial charge in [-0.1, -0.05) is 36.6 Å². The molecule has 1 unspecified atom stereocenters. The van der Waals surface area contributed by atoms with E-state index >= 15 is 0 Å². The highest BCUT2D eigenvalue weighted by molar-refractivity contribution is 7.99. The van der Waals surface area contributed by atoms with Crippen molar-refractivity contribution < 1.29 is 14.3 Å². The first-order chi connectivity index (χ1) is 16.0. The Morgan fingerprint density at radius 2 is 1.91 bits per heavy atom. The molecule has 3 rings (SSSR count). The highest BCUT2D eigenvalue weighted by atomic mass is 35.5. The first-order valence-electron chi connectivity index (χ1n) is 11.6. The van der Waals surface area contributed by atoms with Gasteiger partial charge in [0.2, 0.25) is 11.8 Å². The van der Waals surface area contributed by atoms with Crippen LogP contribution in [0.4, 0.5) is 0 Å². The van der Waals surface area contributed by atoms with Crippen molar-refractivity contribution in [2.75, 3.05) is 12.9 Å². The van der Waals surface area contributed by atoms with Crippen LogP contribution < -0.4 is 10.1 Å². The van der Waals surface area contributed by atoms with E-state index in [2.05, 4.69) is 5.32 Å². The fourth-order valence-corrected chi connectivity index (χ4v) is 5.01. The number of carbonyl (C=O) groups is 2. The van der Waals surface area contributed by atoms with Crippen LogP contribution in [0.1, 0.15) is 51.0 Å². The second-order valence-corrected chi connectivity index (χ2v) is 10.0. The maximum absolute atomic E-state index is 13.2. The third-order valence-electron chi connectivity index (χ3n) is 5.97. The molecule has 178 valence electrons. The monoisotopic (exact) mass is 488 g/mol. The topological polar surface area (TPSA) is 58.6 Å². The third-order valence-corrected chi connectivity index (χ3v) is 7.32. The molecule has 2 aromatic carbocycles. The molecule has 0 aliphatic heterocycles. The molecule has 0 bridgehead atoms. The van der Waals surface area contributed by atoms with Crippen LogP contribution >= 0.6 is 23.4 Å². The van der Waals surface area contributed by atoms with Crippen LogP contribution in [0.2, 0.25) is 5.02 Å². The zero-order valence-electron chi connectivity index (χ0n) is 19.4. The zero-order valence-corrected chi connectivity index (χ0v) is 21.0. The average Bonchev–Trinajstić information content (AvgIpc) is 3.34. The molecule has 0 saturated heterocycles. The zero-order chi connectivity index (χ0) is 23.6. The Bertz CT molecular complexity index is 916. The molecular formula is C26H33ClN2O3S. The number of halogens is 1. The van der Waals surface area contributed by atoms with Gasteiger partial charge in [0, 0.05) is 28.9 Å². The van der Waals surface area contributed by atoms with Gasteiger partial charge in [0.25, 0.3) is 0 Å². The Hall–Kier alpha value is -2.18. The van der Waals surface area contributed by atoms with Crippen molar-refractivity contribution >= 4 is 35.2 Å². The van der Waals surface area contributed by atoms with E-state index < -0.39 is 6.04 Å². The Balaban J connectivity index is 1.61. The number of benzene rings is 2. The Labute approximate surface area is 206 Å². The second kappa shape index (κ2) is 12.9. The predicted molar refractivity (Wildman–Crippen MR) is 135 cm³/mol. The molecule has 1 atom stereocenters. The molecule has 1 N–H and O–H groups in total. The molecule has 33 heavy (non-hydrogen) atoms. The molecule has 2 amide bonds. The van der Waals surface area contributed by atoms with Gasteiger partial charge in [-0.25, -0.2) is 0 Å². The van der Waals surface area contributed by atoms with Crippen LogP contribution in [0.3, 0.4) is 0 Å². The maximum Gasteiger partial charge on any atom is 0.242 e. The van der Waals surface area contributed by atoms with Crippen LogP contribution in [-0.4, -0.2) is 41.7 Å². The second-order valence-electron chi connectivity index (χ2n) is 8.45. The first-order valence-corrected chi connectivity index (χ1v) is 12.9. The van der Waals surface area contributed by atoms with Gasteiger partial charge in [-0.15, -0.1) is 11.8 Å². The van der Waals surface area contributed by atoms with Gasteiger partial charge >= 0.3 is 0 Å². The molecule has 1 saturated carbocycles. The normalized spacial score (nSPS) is 14.6. The van der Waals surface area contributed by atoms with Gasteiger partial charge in [0.05, 0.1) is 7.11 Å². The van der Waals surface area contributed by atoms with E-state index in [4.69, 9.17) is 16.3 Å². The van der Waals surface area contributed by atoms with E-state index in [1.165, 1.54) is 0 Å². The maximum atomic E-state index is 13.2. The minimum absolute atomic E-state index is 0.0106. The number of hydrogen-bond acceptors (Lipinski definition) is 4. The molecule has 1 fully saturated rings. The largest absolute Gasteiger partial charge is 0.497 e. The Morgan fingerprint density at radius 1 is 1.18 bits per heavy atom. The summed E-state index contributed by atoms with van der Waals surface area (Å²) < 4.78 is 5.33. The highest BCUT2D eigenvalue weighted by Gasteiger charge is 2.28. The van der Waals surface area contributed by atoms with Crippen LogP contribution in [0.25, 0.3) is 0 Å². The molecular weight excluding hydrogens is 456 g/mol. The van der Waals surface area contributed by atoms with Gasteiger partial charge in [-0.2, -0.15) is 0 Å². The molecule has 0 aromatic heterocycles. The standard InChI is InChI=1S/C26H33ClN2O3S/c1-19(26(31)28-22-8-3-4-9-22)29(18-20-7-5-10-23(17-20)32-2)25(30)11-6-16-33-24-14-12-21(27)13-15-24/h5,7,10,12-15,17,19,22H,3-4,6,8-9,11,16,18H2,1-2H3,(H,28,31). The quantitative estimate of drug-likeness (QED) is 0.325. The van der Waals surface area contributed by atoms with Crippen LogP contribution in [0.15, 0.2) is 53.4 Å². The van der Waals surface area contributed by atoms with Gasteiger partial charge in [-0.3, -0.25) is 9.59 Å². The third kappa shape index (κ3) is 7.97. The lowest BCUT2D eigenvalue weighted by Gasteiger charge is -2.30. The van der Waals surface area contributed by atoms with Crippen molar-refractivity contribution in [1.29, 1.82) is 0 Å². The minimum atomic E-state index is -0.534. The fraction of sp³-hybridized carbons (Fsp3) is 0.462.